The number of carbonyl (C=O) groups excluding carboxylic acids is 3. The van der Waals surface area contributed by atoms with Crippen molar-refractivity contribution in [2.45, 2.75) is 70.1 Å². The number of hydrogen-bond acceptors (Lipinski definition) is 5. The van der Waals surface area contributed by atoms with Crippen LogP contribution in [-0.4, -0.2) is 64.7 Å². The number of nitrogens with zero attached hydrogens (tertiary/aromatic N) is 1. The van der Waals surface area contributed by atoms with Crippen molar-refractivity contribution in [3.8, 4) is 0 Å². The van der Waals surface area contributed by atoms with Crippen molar-refractivity contribution in [2.24, 2.45) is 17.8 Å². The van der Waals surface area contributed by atoms with Crippen LogP contribution in [0.1, 0.15) is 52.9 Å². The first-order chi connectivity index (χ1) is 16.3. The van der Waals surface area contributed by atoms with Crippen molar-refractivity contribution >= 4 is 23.4 Å². The molecule has 4 rings (SSSR count). The Morgan fingerprint density at radius 2 is 1.91 bits per heavy atom. The number of likely N-dealkylation sites (tertiary alicyclic amines) is 1. The Balaban J connectivity index is 1.66. The van der Waals surface area contributed by atoms with Crippen LogP contribution in [0.25, 0.3) is 0 Å². The van der Waals surface area contributed by atoms with Crippen LogP contribution >= 0.6 is 0 Å². The fourth-order valence-corrected chi connectivity index (χ4v) is 6.35. The number of rotatable bonds is 10. The lowest BCUT2D eigenvalue weighted by molar-refractivity contribution is -0.146. The fourth-order valence-electron chi connectivity index (χ4n) is 6.35. The third kappa shape index (κ3) is 3.90. The number of benzene rings is 1. The zero-order chi connectivity index (χ0) is 24.5. The van der Waals surface area contributed by atoms with Gasteiger partial charge in [-0.3, -0.25) is 14.4 Å². The lowest BCUT2D eigenvalue weighted by Crippen LogP contribution is -2.56. The number of unbranched alkanes of at least 4 members (excludes halogenated alkanes) is 2. The molecule has 1 aromatic carbocycles. The minimum absolute atomic E-state index is 0.00347. The Morgan fingerprint density at radius 1 is 1.18 bits per heavy atom. The van der Waals surface area contributed by atoms with Gasteiger partial charge in [-0.1, -0.05) is 44.9 Å². The average Bonchev–Trinajstić information content (AvgIpc) is 3.32. The van der Waals surface area contributed by atoms with Gasteiger partial charge in [0.1, 0.15) is 11.6 Å². The topological polar surface area (TPSA) is 108 Å². The first-order valence-corrected chi connectivity index (χ1v) is 12.5. The molecule has 0 aromatic heterocycles. The molecule has 6 atom stereocenters. The van der Waals surface area contributed by atoms with E-state index in [1.165, 1.54) is 0 Å². The highest BCUT2D eigenvalue weighted by Crippen LogP contribution is 2.65. The summed E-state index contributed by atoms with van der Waals surface area (Å²) in [4.78, 5) is 42.4. The summed E-state index contributed by atoms with van der Waals surface area (Å²) in [6.07, 6.45) is 3.83. The molecular formula is C26H37N3O5. The molecule has 0 aliphatic carbocycles. The summed E-state index contributed by atoms with van der Waals surface area (Å²) in [5, 5.41) is 15.4. The van der Waals surface area contributed by atoms with E-state index in [0.29, 0.717) is 25.1 Å². The normalized spacial score (nSPS) is 33.8. The van der Waals surface area contributed by atoms with Crippen LogP contribution in [0, 0.1) is 17.8 Å². The highest BCUT2D eigenvalue weighted by molar-refractivity contribution is 6.02. The highest BCUT2D eigenvalue weighted by Gasteiger charge is 2.79. The lowest BCUT2D eigenvalue weighted by atomic mass is 9.62. The number of carbonyl (C=O) groups is 3. The molecule has 3 aliphatic rings. The van der Waals surface area contributed by atoms with Crippen LogP contribution in [0.15, 0.2) is 30.3 Å². The number of nitrogens with one attached hydrogen (secondary N) is 2. The van der Waals surface area contributed by atoms with E-state index in [0.717, 1.165) is 19.3 Å². The number of ether oxygens (including phenoxy) is 1. The summed E-state index contributed by atoms with van der Waals surface area (Å²) in [6.45, 7) is 6.75. The van der Waals surface area contributed by atoms with Crippen molar-refractivity contribution < 1.29 is 24.2 Å². The molecule has 3 saturated heterocycles. The number of aliphatic hydroxyl groups is 1. The Bertz CT molecular complexity index is 924. The van der Waals surface area contributed by atoms with Crippen molar-refractivity contribution in [3.05, 3.63) is 30.3 Å². The number of amides is 3. The van der Waals surface area contributed by atoms with Crippen LogP contribution in [0.3, 0.4) is 0 Å². The van der Waals surface area contributed by atoms with Gasteiger partial charge in [0.05, 0.1) is 17.4 Å². The summed E-state index contributed by atoms with van der Waals surface area (Å²) < 4.78 is 6.65. The molecular weight excluding hydrogens is 434 g/mol. The molecule has 1 spiro atoms. The first-order valence-electron chi connectivity index (χ1n) is 12.5. The maximum absolute atomic E-state index is 13.8. The second-order valence-corrected chi connectivity index (χ2v) is 10.2. The molecule has 0 radical (unpaired) electrons. The Hall–Kier alpha value is -2.45. The highest BCUT2D eigenvalue weighted by atomic mass is 16.5. The third-order valence-electron chi connectivity index (χ3n) is 8.02. The zero-order valence-corrected chi connectivity index (χ0v) is 20.4. The van der Waals surface area contributed by atoms with E-state index in [-0.39, 0.29) is 36.8 Å². The maximum Gasteiger partial charge on any atom is 0.245 e. The Morgan fingerprint density at radius 3 is 2.59 bits per heavy atom. The molecule has 3 unspecified atom stereocenters. The smallest absolute Gasteiger partial charge is 0.245 e. The second-order valence-electron chi connectivity index (χ2n) is 10.2. The van der Waals surface area contributed by atoms with Gasteiger partial charge >= 0.3 is 0 Å². The van der Waals surface area contributed by atoms with E-state index >= 15 is 0 Å². The van der Waals surface area contributed by atoms with E-state index in [1.54, 1.807) is 4.90 Å². The van der Waals surface area contributed by atoms with Crippen LogP contribution in [-0.2, 0) is 19.1 Å². The van der Waals surface area contributed by atoms with Gasteiger partial charge in [0.25, 0.3) is 0 Å². The van der Waals surface area contributed by atoms with E-state index in [2.05, 4.69) is 17.6 Å². The van der Waals surface area contributed by atoms with Gasteiger partial charge in [0.2, 0.25) is 17.7 Å². The van der Waals surface area contributed by atoms with E-state index in [1.807, 2.05) is 44.2 Å². The van der Waals surface area contributed by atoms with Gasteiger partial charge in [0, 0.05) is 25.4 Å². The van der Waals surface area contributed by atoms with Crippen molar-refractivity contribution in [1.29, 1.82) is 0 Å². The van der Waals surface area contributed by atoms with Crippen molar-refractivity contribution in [1.82, 2.24) is 10.2 Å². The Labute approximate surface area is 201 Å². The fraction of sp³-hybridized carbons (Fsp3) is 0.654. The lowest BCUT2D eigenvalue weighted by Gasteiger charge is -2.36. The maximum atomic E-state index is 13.8. The monoisotopic (exact) mass is 471 g/mol. The summed E-state index contributed by atoms with van der Waals surface area (Å²) in [5.74, 6) is -2.17. The van der Waals surface area contributed by atoms with Crippen molar-refractivity contribution in [3.63, 3.8) is 0 Å². The van der Waals surface area contributed by atoms with Crippen LogP contribution in [0.2, 0.25) is 0 Å². The van der Waals surface area contributed by atoms with Crippen LogP contribution in [0.4, 0.5) is 5.69 Å². The van der Waals surface area contributed by atoms with Gasteiger partial charge in [-0.05, 0) is 44.2 Å². The van der Waals surface area contributed by atoms with Crippen LogP contribution < -0.4 is 10.6 Å². The first kappa shape index (κ1) is 24.7. The average molecular weight is 472 g/mol. The number of hydrogen-bond donors (Lipinski definition) is 3. The third-order valence-corrected chi connectivity index (χ3v) is 8.02. The molecule has 186 valence electrons. The van der Waals surface area contributed by atoms with Gasteiger partial charge in [0.15, 0.2) is 0 Å². The zero-order valence-electron chi connectivity index (χ0n) is 20.4. The molecule has 34 heavy (non-hydrogen) atoms. The number of para-hydroxylation sites is 1. The minimum Gasteiger partial charge on any atom is -0.396 e. The second kappa shape index (κ2) is 9.66. The van der Waals surface area contributed by atoms with Gasteiger partial charge in [-0.15, -0.1) is 0 Å². The van der Waals surface area contributed by atoms with Crippen LogP contribution in [0.5, 0.6) is 0 Å². The number of aliphatic hydroxyl groups excluding tert-OH is 1. The summed E-state index contributed by atoms with van der Waals surface area (Å²) in [5.41, 5.74) is -1.23. The van der Waals surface area contributed by atoms with E-state index in [4.69, 9.17) is 4.74 Å². The summed E-state index contributed by atoms with van der Waals surface area (Å²) in [7, 11) is 0. The SMILES string of the molecule is CCCCCNC(=O)C1N(CCCO)C(=O)[C@@H]2[C@@H](C(=O)Nc3ccccc3)[C@]3(C)OC12CC3C. The van der Waals surface area contributed by atoms with E-state index < -0.39 is 29.1 Å². The number of anilines is 1. The molecule has 8 heteroatoms. The summed E-state index contributed by atoms with van der Waals surface area (Å²) in [6, 6.07) is 8.37. The van der Waals surface area contributed by atoms with Crippen molar-refractivity contribution in [2.75, 3.05) is 25.0 Å². The quantitative estimate of drug-likeness (QED) is 0.454. The van der Waals surface area contributed by atoms with Gasteiger partial charge in [-0.2, -0.15) is 0 Å². The van der Waals surface area contributed by atoms with Gasteiger partial charge < -0.3 is 25.4 Å². The molecule has 3 fully saturated rings. The molecule has 3 heterocycles. The summed E-state index contributed by atoms with van der Waals surface area (Å²) >= 11 is 0. The molecule has 1 aromatic rings. The molecule has 3 amide bonds. The van der Waals surface area contributed by atoms with Gasteiger partial charge in [-0.25, -0.2) is 0 Å². The molecule has 8 nitrogen and oxygen atoms in total. The molecule has 0 saturated carbocycles. The predicted molar refractivity (Wildman–Crippen MR) is 128 cm³/mol. The predicted octanol–water partition coefficient (Wildman–Crippen LogP) is 2.32. The van der Waals surface area contributed by atoms with E-state index in [9.17, 15) is 19.5 Å². The standard InChI is InChI=1S/C26H37N3O5/c1-4-5-9-13-27-23(32)21-26-16-17(2)25(3,34-26)19(20(26)24(33)29(21)14-10-15-30)22(31)28-18-11-7-6-8-12-18/h6-8,11-12,17,19-21,30H,4-5,9-10,13-16H2,1-3H3,(H,27,32)(H,28,31)/t17?,19-,20-,21?,25+,26?/m0/s1. The molecule has 3 aliphatic heterocycles. The Kier molecular flexibility index (Phi) is 7.01. The molecule has 2 bridgehead atoms. The molecule has 3 N–H and O–H groups in total. The largest absolute Gasteiger partial charge is 0.396 e. The minimum atomic E-state index is -1.05. The number of fused-ring (bicyclic) bond motifs is 1.